The first-order valence-electron chi connectivity index (χ1n) is 7.14. The molecule has 0 aliphatic heterocycles. The van der Waals surface area contributed by atoms with Crippen LogP contribution in [-0.4, -0.2) is 37.8 Å². The largest absolute Gasteiger partial charge is 0.369 e. The molecule has 3 N–H and O–H groups in total. The van der Waals surface area contributed by atoms with Crippen LogP contribution < -0.4 is 11.1 Å². The summed E-state index contributed by atoms with van der Waals surface area (Å²) >= 11 is 0. The molecule has 2 amide bonds. The number of benzene rings is 1. The van der Waals surface area contributed by atoms with Gasteiger partial charge < -0.3 is 11.1 Å². The number of hydrogen-bond donors (Lipinski definition) is 2. The number of hydrogen-bond acceptors (Lipinski definition) is 4. The number of primary amides is 1. The highest BCUT2D eigenvalue weighted by Gasteiger charge is 2.22. The fourth-order valence-electron chi connectivity index (χ4n) is 1.82. The standard InChI is InChI=1S/C15H21FN2O4S/c1-10(2)23(21,22)9-14(19)18-8-12(15(17)20)7-11-3-5-13(16)6-4-11/h3-6,10,12H,7-9H2,1-2H3,(H2,17,20)(H,18,19). The van der Waals surface area contributed by atoms with E-state index in [0.29, 0.717) is 5.56 Å². The van der Waals surface area contributed by atoms with Crippen molar-refractivity contribution in [2.45, 2.75) is 25.5 Å². The van der Waals surface area contributed by atoms with Crippen LogP contribution in [0, 0.1) is 11.7 Å². The Balaban J connectivity index is 2.62. The molecule has 0 aromatic heterocycles. The Hall–Kier alpha value is -1.96. The minimum absolute atomic E-state index is 0.0703. The molecule has 0 aliphatic carbocycles. The predicted octanol–water partition coefficient (Wildman–Crippen LogP) is 0.409. The zero-order valence-corrected chi connectivity index (χ0v) is 13.9. The smallest absolute Gasteiger partial charge is 0.235 e. The number of nitrogens with one attached hydrogen (secondary N) is 1. The van der Waals surface area contributed by atoms with E-state index in [9.17, 15) is 22.4 Å². The van der Waals surface area contributed by atoms with Crippen LogP contribution in [-0.2, 0) is 25.8 Å². The molecular weight excluding hydrogens is 323 g/mol. The maximum atomic E-state index is 12.9. The van der Waals surface area contributed by atoms with Crippen LogP contribution in [0.2, 0.25) is 0 Å². The molecule has 8 heteroatoms. The minimum Gasteiger partial charge on any atom is -0.369 e. The van der Waals surface area contributed by atoms with Gasteiger partial charge in [0.25, 0.3) is 0 Å². The lowest BCUT2D eigenvalue weighted by atomic mass is 9.98. The summed E-state index contributed by atoms with van der Waals surface area (Å²) in [6.07, 6.45) is 0.229. The SMILES string of the molecule is CC(C)S(=O)(=O)CC(=O)NCC(Cc1ccc(F)cc1)C(N)=O. The predicted molar refractivity (Wildman–Crippen MR) is 84.7 cm³/mol. The Morgan fingerprint density at radius 2 is 1.78 bits per heavy atom. The third kappa shape index (κ3) is 6.35. The van der Waals surface area contributed by atoms with Gasteiger partial charge in [0.2, 0.25) is 11.8 Å². The van der Waals surface area contributed by atoms with Crippen molar-refractivity contribution in [1.29, 1.82) is 0 Å². The second-order valence-corrected chi connectivity index (χ2v) is 8.15. The van der Waals surface area contributed by atoms with Gasteiger partial charge in [-0.05, 0) is 38.0 Å². The molecule has 1 atom stereocenters. The number of carbonyl (C=O) groups excluding carboxylic acids is 2. The third-order valence-electron chi connectivity index (χ3n) is 3.39. The lowest BCUT2D eigenvalue weighted by Crippen LogP contribution is -2.40. The highest BCUT2D eigenvalue weighted by Crippen LogP contribution is 2.10. The fraction of sp³-hybridized carbons (Fsp3) is 0.467. The van der Waals surface area contributed by atoms with E-state index < -0.39 is 44.4 Å². The maximum absolute atomic E-state index is 12.9. The van der Waals surface area contributed by atoms with Gasteiger partial charge in [0.05, 0.1) is 11.2 Å². The van der Waals surface area contributed by atoms with E-state index in [1.165, 1.54) is 38.1 Å². The van der Waals surface area contributed by atoms with Gasteiger partial charge in [-0.3, -0.25) is 9.59 Å². The van der Waals surface area contributed by atoms with Gasteiger partial charge in [-0.15, -0.1) is 0 Å². The molecule has 0 fully saturated rings. The summed E-state index contributed by atoms with van der Waals surface area (Å²) in [5, 5.41) is 1.76. The van der Waals surface area contributed by atoms with E-state index in [1.807, 2.05) is 0 Å². The number of sulfone groups is 1. The molecule has 1 unspecified atom stereocenters. The summed E-state index contributed by atoms with van der Waals surface area (Å²) in [5.74, 6) is -3.03. The Labute approximate surface area is 135 Å². The van der Waals surface area contributed by atoms with Gasteiger partial charge >= 0.3 is 0 Å². The van der Waals surface area contributed by atoms with Crippen LogP contribution >= 0.6 is 0 Å². The summed E-state index contributed by atoms with van der Waals surface area (Å²) < 4.78 is 36.2. The zero-order chi connectivity index (χ0) is 17.6. The number of nitrogens with two attached hydrogens (primary N) is 1. The molecule has 23 heavy (non-hydrogen) atoms. The molecule has 1 aromatic rings. The van der Waals surface area contributed by atoms with E-state index in [2.05, 4.69) is 5.32 Å². The first-order chi connectivity index (χ1) is 10.6. The van der Waals surface area contributed by atoms with Crippen LogP contribution in [0.3, 0.4) is 0 Å². The van der Waals surface area contributed by atoms with Gasteiger partial charge in [-0.2, -0.15) is 0 Å². The minimum atomic E-state index is -3.50. The van der Waals surface area contributed by atoms with Crippen molar-refractivity contribution >= 4 is 21.7 Å². The Kier molecular flexibility index (Phi) is 6.68. The molecule has 0 bridgehead atoms. The number of halogens is 1. The fourth-order valence-corrected chi connectivity index (χ4v) is 2.62. The Bertz CT molecular complexity index is 657. The van der Waals surface area contributed by atoms with Gasteiger partial charge in [0.15, 0.2) is 9.84 Å². The quantitative estimate of drug-likeness (QED) is 0.712. The van der Waals surface area contributed by atoms with Crippen molar-refractivity contribution in [3.63, 3.8) is 0 Å². The molecule has 0 radical (unpaired) electrons. The normalized spacial score (nSPS) is 12.9. The summed E-state index contributed by atoms with van der Waals surface area (Å²) in [7, 11) is -3.50. The summed E-state index contributed by atoms with van der Waals surface area (Å²) in [4.78, 5) is 23.2. The first kappa shape index (κ1) is 19.1. The molecule has 0 heterocycles. The van der Waals surface area contributed by atoms with Gasteiger partial charge in [0, 0.05) is 6.54 Å². The summed E-state index contributed by atoms with van der Waals surface area (Å²) in [5.41, 5.74) is 5.99. The molecule has 1 aromatic carbocycles. The maximum Gasteiger partial charge on any atom is 0.235 e. The van der Waals surface area contributed by atoms with E-state index in [1.54, 1.807) is 0 Å². The van der Waals surface area contributed by atoms with Crippen molar-refractivity contribution in [3.05, 3.63) is 35.6 Å². The van der Waals surface area contributed by atoms with Gasteiger partial charge in [-0.25, -0.2) is 12.8 Å². The van der Waals surface area contributed by atoms with Crippen LogP contribution in [0.4, 0.5) is 4.39 Å². The van der Waals surface area contributed by atoms with Crippen LogP contribution in [0.5, 0.6) is 0 Å². The van der Waals surface area contributed by atoms with Crippen molar-refractivity contribution in [2.24, 2.45) is 11.7 Å². The van der Waals surface area contributed by atoms with Gasteiger partial charge in [-0.1, -0.05) is 12.1 Å². The molecule has 128 valence electrons. The molecule has 1 rings (SSSR count). The van der Waals surface area contributed by atoms with Crippen molar-refractivity contribution < 1.29 is 22.4 Å². The molecule has 0 saturated heterocycles. The zero-order valence-electron chi connectivity index (χ0n) is 13.1. The molecule has 0 saturated carbocycles. The van der Waals surface area contributed by atoms with Gasteiger partial charge in [0.1, 0.15) is 11.6 Å². The summed E-state index contributed by atoms with van der Waals surface area (Å²) in [6.45, 7) is 2.91. The molecule has 0 spiro atoms. The highest BCUT2D eigenvalue weighted by molar-refractivity contribution is 7.92. The third-order valence-corrected chi connectivity index (χ3v) is 5.49. The van der Waals surface area contributed by atoms with Crippen molar-refractivity contribution in [1.82, 2.24) is 5.32 Å². The lowest BCUT2D eigenvalue weighted by molar-refractivity contribution is -0.122. The molecular formula is C15H21FN2O4S. The lowest BCUT2D eigenvalue weighted by Gasteiger charge is -2.15. The monoisotopic (exact) mass is 344 g/mol. The first-order valence-corrected chi connectivity index (χ1v) is 8.85. The van der Waals surface area contributed by atoms with E-state index >= 15 is 0 Å². The van der Waals surface area contributed by atoms with Crippen LogP contribution in [0.25, 0.3) is 0 Å². The van der Waals surface area contributed by atoms with Crippen molar-refractivity contribution in [2.75, 3.05) is 12.3 Å². The molecule has 6 nitrogen and oxygen atoms in total. The average Bonchev–Trinajstić information content (AvgIpc) is 2.44. The molecule has 0 aliphatic rings. The average molecular weight is 344 g/mol. The second-order valence-electron chi connectivity index (χ2n) is 5.59. The van der Waals surface area contributed by atoms with E-state index in [4.69, 9.17) is 5.73 Å². The number of rotatable bonds is 8. The number of carbonyl (C=O) groups is 2. The van der Waals surface area contributed by atoms with Crippen LogP contribution in [0.1, 0.15) is 19.4 Å². The Morgan fingerprint density at radius 1 is 1.22 bits per heavy atom. The van der Waals surface area contributed by atoms with E-state index in [0.717, 1.165) is 0 Å². The topological polar surface area (TPSA) is 106 Å². The Morgan fingerprint density at radius 3 is 2.26 bits per heavy atom. The highest BCUT2D eigenvalue weighted by atomic mass is 32.2. The number of amides is 2. The van der Waals surface area contributed by atoms with Crippen LogP contribution in [0.15, 0.2) is 24.3 Å². The van der Waals surface area contributed by atoms with E-state index in [-0.39, 0.29) is 13.0 Å². The van der Waals surface area contributed by atoms with Crippen molar-refractivity contribution in [3.8, 4) is 0 Å². The second kappa shape index (κ2) is 8.05. The summed E-state index contributed by atoms with van der Waals surface area (Å²) in [6, 6.07) is 5.58.